The number of allylic oxidation sites excluding steroid dienone is 2. The number of carboxylic acid groups (broad SMARTS) is 1. The number of aliphatic carboxylic acids is 1. The van der Waals surface area contributed by atoms with E-state index in [1.54, 1.807) is 54.6 Å². The van der Waals surface area contributed by atoms with E-state index in [0.717, 1.165) is 0 Å². The molecular weight excluding hydrogens is 366 g/mol. The van der Waals surface area contributed by atoms with E-state index in [9.17, 15) is 19.5 Å². The van der Waals surface area contributed by atoms with Crippen LogP contribution >= 0.6 is 11.6 Å². The van der Waals surface area contributed by atoms with Crippen molar-refractivity contribution in [1.29, 1.82) is 0 Å². The molecule has 0 aliphatic heterocycles. The Morgan fingerprint density at radius 1 is 0.963 bits per heavy atom. The minimum absolute atomic E-state index is 0.247. The first-order valence-corrected chi connectivity index (χ1v) is 8.91. The Morgan fingerprint density at radius 3 is 2.30 bits per heavy atom. The molecule has 1 aliphatic carbocycles. The fourth-order valence-corrected chi connectivity index (χ4v) is 3.32. The van der Waals surface area contributed by atoms with Gasteiger partial charge < -0.3 is 15.2 Å². The van der Waals surface area contributed by atoms with Gasteiger partial charge in [-0.15, -0.1) is 0 Å². The van der Waals surface area contributed by atoms with Crippen LogP contribution in [0.4, 0.5) is 5.69 Å². The fourth-order valence-electron chi connectivity index (χ4n) is 3.15. The molecule has 0 aromatic heterocycles. The van der Waals surface area contributed by atoms with Crippen LogP contribution < -0.4 is 10.4 Å². The molecule has 0 radical (unpaired) electrons. The second-order valence-electron chi connectivity index (χ2n) is 6.35. The van der Waals surface area contributed by atoms with Crippen molar-refractivity contribution >= 4 is 34.9 Å². The molecule has 0 fully saturated rings. The van der Waals surface area contributed by atoms with Gasteiger partial charge in [-0.2, -0.15) is 0 Å². The normalized spacial score (nSPS) is 18.7. The number of hydrogen-bond acceptors (Lipinski definition) is 4. The molecule has 3 rings (SSSR count). The summed E-state index contributed by atoms with van der Waals surface area (Å²) in [5.74, 6) is -3.64. The fraction of sp³-hybridized carbons (Fsp3) is 0.190. The minimum atomic E-state index is -1.25. The standard InChI is InChI=1S/C21H18ClNO4/c22-14-10-11-18(17(12-14)19(24)13-6-2-1-3-7-13)23-20(25)15-8-4-5-9-16(15)21(26)27/h1-7,10-12,15-16H,8-9H2,(H,23,25)(H,26,27)/p-1/t15-,16+/m0/s1. The summed E-state index contributed by atoms with van der Waals surface area (Å²) in [5, 5.41) is 14.4. The van der Waals surface area contributed by atoms with Gasteiger partial charge in [-0.3, -0.25) is 9.59 Å². The highest BCUT2D eigenvalue weighted by molar-refractivity contribution is 6.31. The van der Waals surface area contributed by atoms with E-state index in [1.807, 2.05) is 0 Å². The quantitative estimate of drug-likeness (QED) is 0.636. The van der Waals surface area contributed by atoms with Gasteiger partial charge in [0.2, 0.25) is 5.91 Å². The Morgan fingerprint density at radius 2 is 1.63 bits per heavy atom. The maximum absolute atomic E-state index is 12.8. The lowest BCUT2D eigenvalue weighted by Crippen LogP contribution is -2.41. The van der Waals surface area contributed by atoms with E-state index < -0.39 is 23.7 Å². The number of carbonyl (C=O) groups excluding carboxylic acids is 3. The van der Waals surface area contributed by atoms with Crippen molar-refractivity contribution in [3.05, 3.63) is 76.8 Å². The Bertz CT molecular complexity index is 908. The molecular formula is C21H17ClNO4-. The maximum atomic E-state index is 12.8. The summed E-state index contributed by atoms with van der Waals surface area (Å²) >= 11 is 6.04. The Kier molecular flexibility index (Phi) is 5.72. The third-order valence-electron chi connectivity index (χ3n) is 4.59. The second kappa shape index (κ2) is 8.18. The molecule has 138 valence electrons. The van der Waals surface area contributed by atoms with Crippen LogP contribution in [0.15, 0.2) is 60.7 Å². The molecule has 2 aromatic carbocycles. The molecule has 0 saturated carbocycles. The molecule has 0 saturated heterocycles. The molecule has 1 N–H and O–H groups in total. The summed E-state index contributed by atoms with van der Waals surface area (Å²) < 4.78 is 0. The predicted molar refractivity (Wildman–Crippen MR) is 100 cm³/mol. The first kappa shape index (κ1) is 18.9. The van der Waals surface area contributed by atoms with Crippen molar-refractivity contribution in [3.8, 4) is 0 Å². The second-order valence-corrected chi connectivity index (χ2v) is 6.79. The lowest BCUT2D eigenvalue weighted by molar-refractivity contribution is -0.313. The lowest BCUT2D eigenvalue weighted by atomic mass is 9.82. The molecule has 0 spiro atoms. The lowest BCUT2D eigenvalue weighted by Gasteiger charge is -2.28. The predicted octanol–water partition coefficient (Wildman–Crippen LogP) is 2.84. The van der Waals surface area contributed by atoms with Crippen molar-refractivity contribution in [1.82, 2.24) is 0 Å². The number of hydrogen-bond donors (Lipinski definition) is 1. The number of rotatable bonds is 5. The van der Waals surface area contributed by atoms with Crippen molar-refractivity contribution in [2.75, 3.05) is 5.32 Å². The van der Waals surface area contributed by atoms with E-state index in [2.05, 4.69) is 5.32 Å². The van der Waals surface area contributed by atoms with Gasteiger partial charge in [0, 0.05) is 28.0 Å². The largest absolute Gasteiger partial charge is 0.550 e. The Labute approximate surface area is 161 Å². The molecule has 2 aromatic rings. The summed E-state index contributed by atoms with van der Waals surface area (Å²) in [6, 6.07) is 13.2. The number of nitrogens with one attached hydrogen (secondary N) is 1. The zero-order valence-corrected chi connectivity index (χ0v) is 15.1. The number of carbonyl (C=O) groups is 3. The minimum Gasteiger partial charge on any atom is -0.550 e. The molecule has 2 atom stereocenters. The van der Waals surface area contributed by atoms with E-state index in [0.29, 0.717) is 22.7 Å². The molecule has 1 aliphatic rings. The monoisotopic (exact) mass is 382 g/mol. The zero-order chi connectivity index (χ0) is 19.4. The van der Waals surface area contributed by atoms with E-state index in [-0.39, 0.29) is 17.8 Å². The summed E-state index contributed by atoms with van der Waals surface area (Å²) in [7, 11) is 0. The van der Waals surface area contributed by atoms with Crippen LogP contribution in [0.2, 0.25) is 5.02 Å². The van der Waals surface area contributed by atoms with Gasteiger partial charge in [0.05, 0.1) is 11.6 Å². The highest BCUT2D eigenvalue weighted by Crippen LogP contribution is 2.29. The smallest absolute Gasteiger partial charge is 0.228 e. The van der Waals surface area contributed by atoms with Crippen LogP contribution in [-0.4, -0.2) is 17.7 Å². The number of ketones is 1. The maximum Gasteiger partial charge on any atom is 0.228 e. The zero-order valence-electron chi connectivity index (χ0n) is 14.4. The van der Waals surface area contributed by atoms with E-state index >= 15 is 0 Å². The summed E-state index contributed by atoms with van der Waals surface area (Å²) in [4.78, 5) is 36.9. The summed E-state index contributed by atoms with van der Waals surface area (Å²) in [6.45, 7) is 0. The topological polar surface area (TPSA) is 86.3 Å². The summed E-state index contributed by atoms with van der Waals surface area (Å²) in [6.07, 6.45) is 4.06. The molecule has 1 amide bonds. The van der Waals surface area contributed by atoms with Gasteiger partial charge in [0.25, 0.3) is 0 Å². The Balaban J connectivity index is 1.89. The van der Waals surface area contributed by atoms with E-state index in [4.69, 9.17) is 11.6 Å². The number of carboxylic acids is 1. The molecule has 5 nitrogen and oxygen atoms in total. The highest BCUT2D eigenvalue weighted by Gasteiger charge is 2.30. The van der Waals surface area contributed by atoms with Crippen molar-refractivity contribution in [3.63, 3.8) is 0 Å². The van der Waals surface area contributed by atoms with Gasteiger partial charge in [-0.25, -0.2) is 0 Å². The summed E-state index contributed by atoms with van der Waals surface area (Å²) in [5.41, 5.74) is 1.01. The van der Waals surface area contributed by atoms with Gasteiger partial charge in [0.1, 0.15) is 0 Å². The first-order chi connectivity index (χ1) is 13.0. The number of amides is 1. The van der Waals surface area contributed by atoms with Crippen molar-refractivity contribution in [2.24, 2.45) is 11.8 Å². The SMILES string of the molecule is O=C(c1ccccc1)c1cc(Cl)ccc1NC(=O)[C@H]1CC=CC[C@H]1C(=O)[O-]. The third-order valence-corrected chi connectivity index (χ3v) is 4.83. The van der Waals surface area contributed by atoms with Gasteiger partial charge >= 0.3 is 0 Å². The molecule has 0 heterocycles. The molecule has 6 heteroatoms. The highest BCUT2D eigenvalue weighted by atomic mass is 35.5. The third kappa shape index (κ3) is 4.26. The van der Waals surface area contributed by atoms with Crippen LogP contribution in [0.25, 0.3) is 0 Å². The first-order valence-electron chi connectivity index (χ1n) is 8.53. The number of anilines is 1. The van der Waals surface area contributed by atoms with Crippen LogP contribution in [0.5, 0.6) is 0 Å². The van der Waals surface area contributed by atoms with Crippen LogP contribution in [0.3, 0.4) is 0 Å². The number of halogens is 1. The molecule has 27 heavy (non-hydrogen) atoms. The van der Waals surface area contributed by atoms with Crippen molar-refractivity contribution in [2.45, 2.75) is 12.8 Å². The van der Waals surface area contributed by atoms with Gasteiger partial charge in [-0.1, -0.05) is 54.1 Å². The average Bonchev–Trinajstić information content (AvgIpc) is 2.69. The average molecular weight is 383 g/mol. The van der Waals surface area contributed by atoms with E-state index in [1.165, 1.54) is 6.07 Å². The van der Waals surface area contributed by atoms with Crippen LogP contribution in [-0.2, 0) is 9.59 Å². The molecule has 0 bridgehead atoms. The Hall–Kier alpha value is -2.92. The number of benzene rings is 2. The van der Waals surface area contributed by atoms with Crippen LogP contribution in [0, 0.1) is 11.8 Å². The van der Waals surface area contributed by atoms with Crippen molar-refractivity contribution < 1.29 is 19.5 Å². The van der Waals surface area contributed by atoms with Crippen LogP contribution in [0.1, 0.15) is 28.8 Å². The van der Waals surface area contributed by atoms with Gasteiger partial charge in [-0.05, 0) is 31.0 Å². The van der Waals surface area contributed by atoms with Gasteiger partial charge in [0.15, 0.2) is 5.78 Å². The molecule has 0 unspecified atom stereocenters.